The summed E-state index contributed by atoms with van der Waals surface area (Å²) in [6, 6.07) is 45.6. The molecule has 0 unspecified atom stereocenters. The van der Waals surface area contributed by atoms with Crippen molar-refractivity contribution in [1.82, 2.24) is 8.97 Å². The summed E-state index contributed by atoms with van der Waals surface area (Å²) in [5, 5.41) is 25.9. The van der Waals surface area contributed by atoms with Crippen molar-refractivity contribution in [3.63, 3.8) is 0 Å². The molecule has 0 atom stereocenters. The van der Waals surface area contributed by atoms with Gasteiger partial charge < -0.3 is 4.40 Å². The molecule has 42 heavy (non-hydrogen) atoms. The van der Waals surface area contributed by atoms with E-state index in [1.54, 1.807) is 0 Å². The lowest BCUT2D eigenvalue weighted by molar-refractivity contribution is 1.22. The first-order chi connectivity index (χ1) is 20.7. The first-order valence-electron chi connectivity index (χ1n) is 14.1. The molecule has 9 aromatic rings. The maximum atomic E-state index is 9.80. The molecule has 0 aliphatic heterocycles. The van der Waals surface area contributed by atoms with E-state index in [1.807, 2.05) is 60.7 Å². The molecule has 0 amide bonds. The van der Waals surface area contributed by atoms with Gasteiger partial charge in [-0.15, -0.1) is 0 Å². The summed E-state index contributed by atoms with van der Waals surface area (Å²) in [4.78, 5) is 0. The SMILES string of the molecule is N=C(c1ccccc1)c1ccccc1C(=N)n1c2ccccc2c2cc3c4ccccc4n4c5ccccc5c(c21)c34. The molecular formula is C38H24N4. The number of nitrogens with zero attached hydrogens (tertiary/aromatic N) is 2. The van der Waals surface area contributed by atoms with E-state index in [0.717, 1.165) is 43.9 Å². The third-order valence-corrected chi connectivity index (χ3v) is 8.74. The lowest BCUT2D eigenvalue weighted by Crippen LogP contribution is -2.17. The average molecular weight is 537 g/mol. The molecule has 3 heterocycles. The molecule has 2 N–H and O–H groups in total. The molecule has 0 aliphatic carbocycles. The van der Waals surface area contributed by atoms with Crippen LogP contribution in [-0.4, -0.2) is 20.5 Å². The number of hydrogen-bond acceptors (Lipinski definition) is 2. The van der Waals surface area contributed by atoms with Crippen LogP contribution in [0.3, 0.4) is 0 Å². The lowest BCUT2D eigenvalue weighted by Gasteiger charge is -2.15. The smallest absolute Gasteiger partial charge is 0.137 e. The van der Waals surface area contributed by atoms with Gasteiger partial charge in [-0.25, -0.2) is 0 Å². The van der Waals surface area contributed by atoms with E-state index in [-0.39, 0.29) is 0 Å². The first kappa shape index (κ1) is 23.0. The van der Waals surface area contributed by atoms with Gasteiger partial charge in [-0.3, -0.25) is 15.4 Å². The highest BCUT2D eigenvalue weighted by Crippen LogP contribution is 2.45. The topological polar surface area (TPSA) is 57.0 Å². The van der Waals surface area contributed by atoms with Gasteiger partial charge in [0.1, 0.15) is 5.84 Å². The van der Waals surface area contributed by atoms with Crippen LogP contribution in [0.5, 0.6) is 0 Å². The minimum Gasteiger partial charge on any atom is -0.308 e. The number of para-hydroxylation sites is 3. The minimum absolute atomic E-state index is 0.361. The monoisotopic (exact) mass is 536 g/mol. The Balaban J connectivity index is 1.44. The molecule has 0 radical (unpaired) electrons. The van der Waals surface area contributed by atoms with Gasteiger partial charge in [0.15, 0.2) is 0 Å². The summed E-state index contributed by atoms with van der Waals surface area (Å²) in [5.41, 5.74) is 8.28. The van der Waals surface area contributed by atoms with Crippen LogP contribution >= 0.6 is 0 Å². The van der Waals surface area contributed by atoms with Crippen molar-refractivity contribution in [3.05, 3.63) is 150 Å². The maximum Gasteiger partial charge on any atom is 0.137 e. The molecule has 196 valence electrons. The van der Waals surface area contributed by atoms with Gasteiger partial charge in [0, 0.05) is 49.0 Å². The van der Waals surface area contributed by atoms with Crippen LogP contribution in [0.4, 0.5) is 0 Å². The quantitative estimate of drug-likeness (QED) is 0.167. The number of nitrogens with one attached hydrogen (secondary N) is 2. The number of fused-ring (bicyclic) bond motifs is 10. The highest BCUT2D eigenvalue weighted by molar-refractivity contribution is 6.36. The second-order valence-electron chi connectivity index (χ2n) is 10.9. The number of aromatic nitrogens is 2. The maximum absolute atomic E-state index is 9.80. The van der Waals surface area contributed by atoms with Crippen molar-refractivity contribution < 1.29 is 0 Å². The molecule has 0 aliphatic rings. The fourth-order valence-corrected chi connectivity index (χ4v) is 6.98. The van der Waals surface area contributed by atoms with Gasteiger partial charge in [-0.1, -0.05) is 109 Å². The predicted molar refractivity (Wildman–Crippen MR) is 175 cm³/mol. The zero-order chi connectivity index (χ0) is 27.9. The molecule has 4 nitrogen and oxygen atoms in total. The minimum atomic E-state index is 0.361. The Kier molecular flexibility index (Phi) is 4.59. The van der Waals surface area contributed by atoms with Crippen LogP contribution < -0.4 is 0 Å². The number of benzene rings is 6. The summed E-state index contributed by atoms with van der Waals surface area (Å²) < 4.78 is 4.50. The molecular weight excluding hydrogens is 512 g/mol. The first-order valence-corrected chi connectivity index (χ1v) is 14.1. The van der Waals surface area contributed by atoms with Crippen molar-refractivity contribution >= 4 is 71.4 Å². The number of rotatable bonds is 3. The zero-order valence-corrected chi connectivity index (χ0v) is 22.6. The van der Waals surface area contributed by atoms with E-state index in [0.29, 0.717) is 11.5 Å². The Bertz CT molecular complexity index is 2550. The second kappa shape index (κ2) is 8.38. The van der Waals surface area contributed by atoms with Gasteiger partial charge in [0.05, 0.1) is 33.3 Å². The fourth-order valence-electron chi connectivity index (χ4n) is 6.98. The van der Waals surface area contributed by atoms with Gasteiger partial charge in [0.25, 0.3) is 0 Å². The summed E-state index contributed by atoms with van der Waals surface area (Å²) in [7, 11) is 0. The van der Waals surface area contributed by atoms with E-state index in [9.17, 15) is 5.41 Å². The Labute approximate surface area is 241 Å². The van der Waals surface area contributed by atoms with Crippen LogP contribution in [0.15, 0.2) is 133 Å². The van der Waals surface area contributed by atoms with Crippen LogP contribution in [0.2, 0.25) is 0 Å². The highest BCUT2D eigenvalue weighted by Gasteiger charge is 2.25. The van der Waals surface area contributed by atoms with Crippen LogP contribution in [-0.2, 0) is 0 Å². The van der Waals surface area contributed by atoms with Crippen LogP contribution in [0.25, 0.3) is 59.9 Å². The van der Waals surface area contributed by atoms with Crippen LogP contribution in [0, 0.1) is 10.8 Å². The van der Waals surface area contributed by atoms with Gasteiger partial charge in [-0.05, 0) is 24.3 Å². The molecule has 9 rings (SSSR count). The Morgan fingerprint density at radius 3 is 1.71 bits per heavy atom. The molecule has 0 saturated carbocycles. The third-order valence-electron chi connectivity index (χ3n) is 8.74. The molecule has 3 aromatic heterocycles. The number of hydrogen-bond donors (Lipinski definition) is 2. The van der Waals surface area contributed by atoms with Gasteiger partial charge in [-0.2, -0.15) is 0 Å². The summed E-state index contributed by atoms with van der Waals surface area (Å²) >= 11 is 0. The standard InChI is InChI=1S/C38H24N4/c39-35(23-12-2-1-3-13-23)26-16-4-5-17-27(26)38(40)42-32-20-10-7-15-25(32)30-22-29-24-14-6-9-19-31(24)41-33-21-11-8-18-28(33)34(36(29)41)37(30)42/h1-22,39-40H. The van der Waals surface area contributed by atoms with Crippen molar-refractivity contribution in [1.29, 1.82) is 10.8 Å². The van der Waals surface area contributed by atoms with Gasteiger partial charge in [0.2, 0.25) is 0 Å². The van der Waals surface area contributed by atoms with E-state index in [2.05, 4.69) is 81.8 Å². The summed E-state index contributed by atoms with van der Waals surface area (Å²) in [6.45, 7) is 0. The Morgan fingerprint density at radius 1 is 0.452 bits per heavy atom. The summed E-state index contributed by atoms with van der Waals surface area (Å²) in [5.74, 6) is 0.361. The van der Waals surface area contributed by atoms with E-state index in [4.69, 9.17) is 5.41 Å². The Morgan fingerprint density at radius 2 is 0.976 bits per heavy atom. The third kappa shape index (κ3) is 2.90. The van der Waals surface area contributed by atoms with E-state index < -0.39 is 0 Å². The fraction of sp³-hybridized carbons (Fsp3) is 0. The van der Waals surface area contributed by atoms with E-state index in [1.165, 1.54) is 32.7 Å². The highest BCUT2D eigenvalue weighted by atomic mass is 15.0. The predicted octanol–water partition coefficient (Wildman–Crippen LogP) is 9.23. The Hall–Kier alpha value is -5.74. The summed E-state index contributed by atoms with van der Waals surface area (Å²) in [6.07, 6.45) is 0. The average Bonchev–Trinajstić information content (AvgIpc) is 3.69. The lowest BCUT2D eigenvalue weighted by atomic mass is 9.96. The second-order valence-corrected chi connectivity index (χ2v) is 10.9. The van der Waals surface area contributed by atoms with Crippen molar-refractivity contribution in [2.75, 3.05) is 0 Å². The molecule has 0 saturated heterocycles. The molecule has 0 fully saturated rings. The zero-order valence-electron chi connectivity index (χ0n) is 22.6. The van der Waals surface area contributed by atoms with Crippen LogP contribution in [0.1, 0.15) is 16.7 Å². The molecule has 4 heteroatoms. The van der Waals surface area contributed by atoms with Crippen molar-refractivity contribution in [3.8, 4) is 0 Å². The van der Waals surface area contributed by atoms with E-state index >= 15 is 0 Å². The van der Waals surface area contributed by atoms with Crippen molar-refractivity contribution in [2.45, 2.75) is 0 Å². The normalized spacial score (nSPS) is 12.0. The molecule has 0 bridgehead atoms. The molecule has 0 spiro atoms. The van der Waals surface area contributed by atoms with Crippen molar-refractivity contribution in [2.24, 2.45) is 0 Å². The van der Waals surface area contributed by atoms with Gasteiger partial charge >= 0.3 is 0 Å². The largest absolute Gasteiger partial charge is 0.308 e. The molecule has 6 aromatic carbocycles.